The second-order valence-corrected chi connectivity index (χ2v) is 6.51. The molecule has 0 amide bonds. The number of piperidine rings is 1. The molecule has 1 saturated heterocycles. The molecule has 17 heavy (non-hydrogen) atoms. The van der Waals surface area contributed by atoms with Crippen molar-refractivity contribution in [3.63, 3.8) is 0 Å². The van der Waals surface area contributed by atoms with E-state index in [1.807, 2.05) is 0 Å². The first-order valence-corrected chi connectivity index (χ1v) is 7.68. The minimum Gasteiger partial charge on any atom is -0.329 e. The maximum atomic E-state index is 6.03. The van der Waals surface area contributed by atoms with Gasteiger partial charge in [-0.2, -0.15) is 0 Å². The van der Waals surface area contributed by atoms with E-state index in [4.69, 9.17) is 5.73 Å². The standard InChI is InChI=1S/C15H30N2/c1-12(2)10-14(11-16)17-9-5-7-13-6-3-4-8-15(13)17/h12-15H,3-11,16H2,1-2H3. The third-order valence-corrected chi connectivity index (χ3v) is 4.77. The van der Waals surface area contributed by atoms with Gasteiger partial charge in [0.25, 0.3) is 0 Å². The van der Waals surface area contributed by atoms with Gasteiger partial charge in [-0.15, -0.1) is 0 Å². The van der Waals surface area contributed by atoms with E-state index in [-0.39, 0.29) is 0 Å². The molecule has 0 spiro atoms. The largest absolute Gasteiger partial charge is 0.329 e. The molecule has 2 N–H and O–H groups in total. The van der Waals surface area contributed by atoms with Crippen LogP contribution >= 0.6 is 0 Å². The first kappa shape index (κ1) is 13.4. The molecule has 3 atom stereocenters. The maximum absolute atomic E-state index is 6.03. The van der Waals surface area contributed by atoms with E-state index in [9.17, 15) is 0 Å². The zero-order valence-corrected chi connectivity index (χ0v) is 11.7. The van der Waals surface area contributed by atoms with E-state index < -0.39 is 0 Å². The Morgan fingerprint density at radius 2 is 1.82 bits per heavy atom. The summed E-state index contributed by atoms with van der Waals surface area (Å²) in [6, 6.07) is 1.51. The summed E-state index contributed by atoms with van der Waals surface area (Å²) in [6.07, 6.45) is 9.96. The van der Waals surface area contributed by atoms with Gasteiger partial charge < -0.3 is 5.73 Å². The third kappa shape index (κ3) is 3.23. The highest BCUT2D eigenvalue weighted by Crippen LogP contribution is 2.36. The molecular formula is C15H30N2. The van der Waals surface area contributed by atoms with Crippen LogP contribution < -0.4 is 5.73 Å². The first-order chi connectivity index (χ1) is 8.22. The molecule has 0 radical (unpaired) electrons. The molecule has 1 aliphatic heterocycles. The smallest absolute Gasteiger partial charge is 0.0223 e. The average Bonchev–Trinajstić information content (AvgIpc) is 2.35. The van der Waals surface area contributed by atoms with Gasteiger partial charge in [0.1, 0.15) is 0 Å². The molecule has 2 aliphatic rings. The number of hydrogen-bond donors (Lipinski definition) is 1. The third-order valence-electron chi connectivity index (χ3n) is 4.77. The lowest BCUT2D eigenvalue weighted by molar-refractivity contribution is 0.0217. The van der Waals surface area contributed by atoms with E-state index in [1.165, 1.54) is 51.5 Å². The van der Waals surface area contributed by atoms with Crippen molar-refractivity contribution in [2.24, 2.45) is 17.6 Å². The highest BCUT2D eigenvalue weighted by molar-refractivity contribution is 4.91. The fourth-order valence-electron chi connectivity index (χ4n) is 4.03. The van der Waals surface area contributed by atoms with Crippen molar-refractivity contribution >= 4 is 0 Å². The van der Waals surface area contributed by atoms with Gasteiger partial charge in [-0.25, -0.2) is 0 Å². The summed E-state index contributed by atoms with van der Waals surface area (Å²) in [5.41, 5.74) is 6.03. The van der Waals surface area contributed by atoms with Crippen LogP contribution in [0.2, 0.25) is 0 Å². The lowest BCUT2D eigenvalue weighted by atomic mass is 9.77. The van der Waals surface area contributed by atoms with Crippen LogP contribution in [0.25, 0.3) is 0 Å². The van der Waals surface area contributed by atoms with Gasteiger partial charge >= 0.3 is 0 Å². The fourth-order valence-corrected chi connectivity index (χ4v) is 4.03. The fraction of sp³-hybridized carbons (Fsp3) is 1.00. The Hall–Kier alpha value is -0.0800. The molecule has 0 bridgehead atoms. The van der Waals surface area contributed by atoms with Crippen LogP contribution in [0.3, 0.4) is 0 Å². The Kier molecular flexibility index (Phi) is 4.87. The van der Waals surface area contributed by atoms with Crippen LogP contribution in [0.15, 0.2) is 0 Å². The molecule has 0 aromatic rings. The predicted molar refractivity (Wildman–Crippen MR) is 74.0 cm³/mol. The number of rotatable bonds is 4. The molecule has 2 nitrogen and oxygen atoms in total. The van der Waals surface area contributed by atoms with Crippen molar-refractivity contribution in [3.05, 3.63) is 0 Å². The minimum absolute atomic E-state index is 0.640. The summed E-state index contributed by atoms with van der Waals surface area (Å²) in [5.74, 6) is 1.76. The van der Waals surface area contributed by atoms with Crippen molar-refractivity contribution < 1.29 is 0 Å². The van der Waals surface area contributed by atoms with E-state index in [2.05, 4.69) is 18.7 Å². The molecule has 1 aliphatic carbocycles. The molecule has 1 heterocycles. The summed E-state index contributed by atoms with van der Waals surface area (Å²) in [4.78, 5) is 2.79. The Morgan fingerprint density at radius 1 is 1.12 bits per heavy atom. The number of likely N-dealkylation sites (tertiary alicyclic amines) is 1. The van der Waals surface area contributed by atoms with Crippen LogP contribution in [0.4, 0.5) is 0 Å². The molecule has 3 unspecified atom stereocenters. The molecule has 2 rings (SSSR count). The number of nitrogens with two attached hydrogens (primary N) is 1. The molecule has 1 saturated carbocycles. The zero-order chi connectivity index (χ0) is 12.3. The number of fused-ring (bicyclic) bond motifs is 1. The summed E-state index contributed by atoms with van der Waals surface area (Å²) in [5, 5.41) is 0. The number of hydrogen-bond acceptors (Lipinski definition) is 2. The van der Waals surface area contributed by atoms with E-state index >= 15 is 0 Å². The van der Waals surface area contributed by atoms with Gasteiger partial charge in [-0.3, -0.25) is 4.90 Å². The Balaban J connectivity index is 2.00. The van der Waals surface area contributed by atoms with Crippen LogP contribution in [-0.2, 0) is 0 Å². The van der Waals surface area contributed by atoms with Gasteiger partial charge in [0.2, 0.25) is 0 Å². The maximum Gasteiger partial charge on any atom is 0.0223 e. The molecule has 2 fully saturated rings. The van der Waals surface area contributed by atoms with Gasteiger partial charge in [-0.1, -0.05) is 26.7 Å². The van der Waals surface area contributed by atoms with E-state index in [0.29, 0.717) is 6.04 Å². The molecule has 0 aromatic carbocycles. The summed E-state index contributed by atoms with van der Waals surface area (Å²) in [6.45, 7) is 6.80. The zero-order valence-electron chi connectivity index (χ0n) is 11.7. The van der Waals surface area contributed by atoms with E-state index in [1.54, 1.807) is 0 Å². The SMILES string of the molecule is CC(C)CC(CN)N1CCCC2CCCCC21. The van der Waals surface area contributed by atoms with Crippen LogP contribution in [0.5, 0.6) is 0 Å². The molecule has 2 heteroatoms. The van der Waals surface area contributed by atoms with Crippen molar-refractivity contribution in [2.75, 3.05) is 13.1 Å². The van der Waals surface area contributed by atoms with Crippen LogP contribution in [0.1, 0.15) is 58.8 Å². The summed E-state index contributed by atoms with van der Waals surface area (Å²) < 4.78 is 0. The number of nitrogens with zero attached hydrogens (tertiary/aromatic N) is 1. The quantitative estimate of drug-likeness (QED) is 0.816. The van der Waals surface area contributed by atoms with Gasteiger partial charge in [-0.05, 0) is 50.5 Å². The Morgan fingerprint density at radius 3 is 2.53 bits per heavy atom. The Labute approximate surface area is 107 Å². The Bertz CT molecular complexity index is 225. The second-order valence-electron chi connectivity index (χ2n) is 6.51. The average molecular weight is 238 g/mol. The summed E-state index contributed by atoms with van der Waals surface area (Å²) in [7, 11) is 0. The van der Waals surface area contributed by atoms with Crippen molar-refractivity contribution in [3.8, 4) is 0 Å². The lowest BCUT2D eigenvalue weighted by Crippen LogP contribution is -2.54. The van der Waals surface area contributed by atoms with Crippen molar-refractivity contribution in [1.82, 2.24) is 4.90 Å². The topological polar surface area (TPSA) is 29.3 Å². The van der Waals surface area contributed by atoms with Crippen molar-refractivity contribution in [2.45, 2.75) is 70.9 Å². The van der Waals surface area contributed by atoms with Crippen LogP contribution in [0, 0.1) is 11.8 Å². The van der Waals surface area contributed by atoms with Gasteiger partial charge in [0, 0.05) is 18.6 Å². The normalized spacial score (nSPS) is 32.5. The first-order valence-electron chi connectivity index (χ1n) is 7.68. The predicted octanol–water partition coefficient (Wildman–Crippen LogP) is 3.01. The van der Waals surface area contributed by atoms with Crippen molar-refractivity contribution in [1.29, 1.82) is 0 Å². The highest BCUT2D eigenvalue weighted by Gasteiger charge is 2.36. The van der Waals surface area contributed by atoms with E-state index in [0.717, 1.165) is 24.4 Å². The lowest BCUT2D eigenvalue weighted by Gasteiger charge is -2.48. The second kappa shape index (κ2) is 6.19. The van der Waals surface area contributed by atoms with Gasteiger partial charge in [0.15, 0.2) is 0 Å². The van der Waals surface area contributed by atoms with Crippen LogP contribution in [-0.4, -0.2) is 30.1 Å². The van der Waals surface area contributed by atoms with Gasteiger partial charge in [0.05, 0.1) is 0 Å². The highest BCUT2D eigenvalue weighted by atomic mass is 15.2. The molecular weight excluding hydrogens is 208 g/mol. The minimum atomic E-state index is 0.640. The molecule has 0 aromatic heterocycles. The monoisotopic (exact) mass is 238 g/mol. The molecule has 100 valence electrons. The summed E-state index contributed by atoms with van der Waals surface area (Å²) >= 11 is 0.